The molecular weight excluding hydrogens is 374 g/mol. The van der Waals surface area contributed by atoms with Crippen LogP contribution in [-0.4, -0.2) is 47.8 Å². The molecule has 0 unspecified atom stereocenters. The van der Waals surface area contributed by atoms with Gasteiger partial charge < -0.3 is 4.74 Å². The monoisotopic (exact) mass is 407 g/mol. The molecule has 0 N–H and O–H groups in total. The number of aryl methyl sites for hydroxylation is 2. The van der Waals surface area contributed by atoms with Crippen LogP contribution in [0, 0.1) is 13.8 Å². The Kier molecular flexibility index (Phi) is 6.93. The zero-order chi connectivity index (χ0) is 21.8. The summed E-state index contributed by atoms with van der Waals surface area (Å²) in [6, 6.07) is 14.6. The van der Waals surface area contributed by atoms with E-state index in [1.807, 2.05) is 43.1 Å². The first-order valence-electron chi connectivity index (χ1n) is 10.7. The fourth-order valence-electron chi connectivity index (χ4n) is 3.72. The molecule has 0 fully saturated rings. The van der Waals surface area contributed by atoms with E-state index in [-0.39, 0.29) is 11.9 Å². The summed E-state index contributed by atoms with van der Waals surface area (Å²) in [4.78, 5) is 15.2. The summed E-state index contributed by atoms with van der Waals surface area (Å²) in [7, 11) is 1.97. The molecule has 5 heteroatoms. The van der Waals surface area contributed by atoms with Crippen molar-refractivity contribution in [2.24, 2.45) is 5.10 Å². The van der Waals surface area contributed by atoms with E-state index in [2.05, 4.69) is 45.9 Å². The predicted octanol–water partition coefficient (Wildman–Crippen LogP) is 4.72. The van der Waals surface area contributed by atoms with E-state index in [0.717, 1.165) is 22.6 Å². The van der Waals surface area contributed by atoms with E-state index in [0.29, 0.717) is 25.6 Å². The molecule has 1 aliphatic rings. The molecule has 0 aliphatic carbocycles. The number of carbonyl (C=O) groups excluding carboxylic acids is 1. The average molecular weight is 408 g/mol. The number of hydrazone groups is 1. The van der Waals surface area contributed by atoms with Crippen molar-refractivity contribution >= 4 is 11.6 Å². The maximum atomic E-state index is 13.2. The Balaban J connectivity index is 1.92. The number of amides is 1. The van der Waals surface area contributed by atoms with Crippen LogP contribution in [0.3, 0.4) is 0 Å². The first-order chi connectivity index (χ1) is 14.3. The number of hydrogen-bond donors (Lipinski definition) is 0. The molecule has 0 aromatic heterocycles. The minimum Gasteiger partial charge on any atom is -0.494 e. The van der Waals surface area contributed by atoms with Crippen molar-refractivity contribution in [3.63, 3.8) is 0 Å². The highest BCUT2D eigenvalue weighted by atomic mass is 16.5. The molecule has 0 bridgehead atoms. The quantitative estimate of drug-likeness (QED) is 0.667. The van der Waals surface area contributed by atoms with Crippen molar-refractivity contribution in [1.82, 2.24) is 9.91 Å². The molecule has 1 aliphatic heterocycles. The second-order valence-electron chi connectivity index (χ2n) is 8.33. The Morgan fingerprint density at radius 3 is 2.50 bits per heavy atom. The number of likely N-dealkylation sites (N-methyl/N-ethyl adjacent to an activating group) is 1. The van der Waals surface area contributed by atoms with Gasteiger partial charge >= 0.3 is 0 Å². The minimum absolute atomic E-state index is 0.0184. The number of hydrogen-bond acceptors (Lipinski definition) is 4. The van der Waals surface area contributed by atoms with Crippen LogP contribution in [0.5, 0.6) is 5.75 Å². The van der Waals surface area contributed by atoms with Gasteiger partial charge in [-0.1, -0.05) is 35.9 Å². The molecule has 30 heavy (non-hydrogen) atoms. The molecule has 0 spiro atoms. The summed E-state index contributed by atoms with van der Waals surface area (Å²) < 4.78 is 5.58. The Morgan fingerprint density at radius 1 is 1.20 bits per heavy atom. The summed E-state index contributed by atoms with van der Waals surface area (Å²) in [5.41, 5.74) is 5.57. The molecular formula is C25H33N3O2. The second kappa shape index (κ2) is 9.43. The number of benzene rings is 2. The molecule has 0 saturated carbocycles. The molecule has 5 nitrogen and oxygen atoms in total. The van der Waals surface area contributed by atoms with Gasteiger partial charge in [0, 0.05) is 18.0 Å². The molecule has 0 saturated heterocycles. The van der Waals surface area contributed by atoms with Crippen molar-refractivity contribution in [1.29, 1.82) is 0 Å². The maximum absolute atomic E-state index is 13.2. The summed E-state index contributed by atoms with van der Waals surface area (Å²) in [6.07, 6.45) is 0.703. The highest BCUT2D eigenvalue weighted by molar-refractivity contribution is 6.04. The van der Waals surface area contributed by atoms with Crippen LogP contribution >= 0.6 is 0 Å². The number of rotatable bonds is 7. The summed E-state index contributed by atoms with van der Waals surface area (Å²) >= 11 is 0. The number of carbonyl (C=O) groups is 1. The van der Waals surface area contributed by atoms with Gasteiger partial charge in [0.2, 0.25) is 0 Å². The lowest BCUT2D eigenvalue weighted by Crippen LogP contribution is -2.39. The molecule has 3 rings (SSSR count). The fourth-order valence-corrected chi connectivity index (χ4v) is 3.72. The summed E-state index contributed by atoms with van der Waals surface area (Å²) in [5.74, 6) is 0.858. The number of ether oxygens (including phenoxy) is 1. The molecule has 1 amide bonds. The highest BCUT2D eigenvalue weighted by Gasteiger charge is 2.34. The van der Waals surface area contributed by atoms with Crippen LogP contribution in [0.25, 0.3) is 0 Å². The first-order valence-corrected chi connectivity index (χ1v) is 10.7. The Hall–Kier alpha value is -2.66. The smallest absolute Gasteiger partial charge is 0.257 e. The number of nitrogens with zero attached hydrogens (tertiary/aromatic N) is 3. The van der Waals surface area contributed by atoms with Crippen LogP contribution in [0.4, 0.5) is 0 Å². The molecule has 2 aromatic carbocycles. The van der Waals surface area contributed by atoms with E-state index in [1.165, 1.54) is 11.1 Å². The molecule has 0 radical (unpaired) electrons. The first kappa shape index (κ1) is 22.0. The molecule has 160 valence electrons. The fraction of sp³-hybridized carbons (Fsp3) is 0.440. The van der Waals surface area contributed by atoms with E-state index < -0.39 is 0 Å². The molecule has 1 atom stereocenters. The van der Waals surface area contributed by atoms with E-state index in [9.17, 15) is 4.79 Å². The zero-order valence-electron chi connectivity index (χ0n) is 19.0. The van der Waals surface area contributed by atoms with Crippen LogP contribution in [-0.2, 0) is 4.79 Å². The van der Waals surface area contributed by atoms with Crippen LogP contribution in [0.1, 0.15) is 55.5 Å². The van der Waals surface area contributed by atoms with E-state index >= 15 is 0 Å². The van der Waals surface area contributed by atoms with Gasteiger partial charge in [-0.3, -0.25) is 9.69 Å². The van der Waals surface area contributed by atoms with Crippen LogP contribution in [0.2, 0.25) is 0 Å². The van der Waals surface area contributed by atoms with Crippen LogP contribution in [0.15, 0.2) is 47.6 Å². The van der Waals surface area contributed by atoms with E-state index in [1.54, 1.807) is 5.01 Å². The minimum atomic E-state index is -0.107. The normalized spacial score (nSPS) is 16.3. The Morgan fingerprint density at radius 2 is 1.90 bits per heavy atom. The lowest BCUT2D eigenvalue weighted by atomic mass is 9.95. The lowest BCUT2D eigenvalue weighted by Gasteiger charge is -2.26. The van der Waals surface area contributed by atoms with Gasteiger partial charge in [-0.25, -0.2) is 5.01 Å². The second-order valence-corrected chi connectivity index (χ2v) is 8.33. The summed E-state index contributed by atoms with van der Waals surface area (Å²) in [6.45, 7) is 11.3. The van der Waals surface area contributed by atoms with Gasteiger partial charge in [0.25, 0.3) is 5.91 Å². The third-order valence-electron chi connectivity index (χ3n) is 5.70. The van der Waals surface area contributed by atoms with Crippen molar-refractivity contribution in [2.45, 2.75) is 53.1 Å². The van der Waals surface area contributed by atoms with E-state index in [4.69, 9.17) is 9.84 Å². The lowest BCUT2D eigenvalue weighted by molar-refractivity contribution is -0.134. The van der Waals surface area contributed by atoms with Crippen molar-refractivity contribution in [2.75, 3.05) is 20.2 Å². The average Bonchev–Trinajstić information content (AvgIpc) is 3.14. The Labute approximate surface area is 180 Å². The van der Waals surface area contributed by atoms with Gasteiger partial charge in [0.1, 0.15) is 5.75 Å². The Bertz CT molecular complexity index is 918. The topological polar surface area (TPSA) is 45.1 Å². The third kappa shape index (κ3) is 4.90. The van der Waals surface area contributed by atoms with Gasteiger partial charge in [-0.15, -0.1) is 0 Å². The van der Waals surface area contributed by atoms with Gasteiger partial charge in [-0.2, -0.15) is 5.10 Å². The molecule has 1 heterocycles. The largest absolute Gasteiger partial charge is 0.494 e. The summed E-state index contributed by atoms with van der Waals surface area (Å²) in [5, 5.41) is 6.50. The zero-order valence-corrected chi connectivity index (χ0v) is 19.0. The van der Waals surface area contributed by atoms with Gasteiger partial charge in [-0.05, 0) is 64.9 Å². The highest BCUT2D eigenvalue weighted by Crippen LogP contribution is 2.34. The maximum Gasteiger partial charge on any atom is 0.257 e. The van der Waals surface area contributed by atoms with Crippen molar-refractivity contribution in [3.05, 3.63) is 64.7 Å². The predicted molar refractivity (Wildman–Crippen MR) is 122 cm³/mol. The van der Waals surface area contributed by atoms with Gasteiger partial charge in [0.05, 0.1) is 24.9 Å². The SMILES string of the molecule is CCOc1ccc([C@H]2CC(c3ccc(C)cc3C)=NN2C(=O)CN(C)C(C)C)cc1. The standard InChI is InChI=1S/C25H33N3O2/c1-7-30-21-11-9-20(10-12-21)24-15-23(22-13-8-18(4)14-19(22)5)26-28(24)25(29)16-27(6)17(2)3/h8-14,17,24H,7,15-16H2,1-6H3/t24-/m1/s1. The van der Waals surface area contributed by atoms with Gasteiger partial charge in [0.15, 0.2) is 0 Å². The van der Waals surface area contributed by atoms with Crippen LogP contribution < -0.4 is 4.74 Å². The third-order valence-corrected chi connectivity index (χ3v) is 5.70. The van der Waals surface area contributed by atoms with Crippen molar-refractivity contribution in [3.8, 4) is 5.75 Å². The van der Waals surface area contributed by atoms with Crippen molar-refractivity contribution < 1.29 is 9.53 Å². The molecule has 2 aromatic rings.